The Labute approximate surface area is 173 Å². The highest BCUT2D eigenvalue weighted by molar-refractivity contribution is 6.08. The topological polar surface area (TPSA) is 94.3 Å². The van der Waals surface area contributed by atoms with E-state index in [4.69, 9.17) is 15.7 Å². The number of aliphatic imine (C=N–C) groups is 1. The van der Waals surface area contributed by atoms with Crippen molar-refractivity contribution >= 4 is 27.9 Å². The highest BCUT2D eigenvalue weighted by Gasteiger charge is 2.27. The molecule has 7 heteroatoms. The molecule has 6 rings (SSSR count). The molecular weight excluding hydrogens is 374 g/mol. The number of nitrogen functional groups attached to an aromatic ring is 1. The van der Waals surface area contributed by atoms with E-state index >= 15 is 0 Å². The molecule has 3 aromatic heterocycles. The first kappa shape index (κ1) is 17.3. The molecule has 148 valence electrons. The first-order chi connectivity index (χ1) is 14.8. The van der Waals surface area contributed by atoms with Crippen molar-refractivity contribution in [2.45, 2.75) is 31.6 Å². The lowest BCUT2D eigenvalue weighted by atomic mass is 9.85. The Balaban J connectivity index is 1.52. The zero-order valence-corrected chi connectivity index (χ0v) is 16.5. The fourth-order valence-corrected chi connectivity index (χ4v) is 4.19. The number of hydrogen-bond donors (Lipinski definition) is 1. The quantitative estimate of drug-likeness (QED) is 0.567. The van der Waals surface area contributed by atoms with Crippen LogP contribution in [0.5, 0.6) is 0 Å². The van der Waals surface area contributed by atoms with E-state index in [1.54, 1.807) is 0 Å². The molecule has 0 bridgehead atoms. The van der Waals surface area contributed by atoms with Crippen molar-refractivity contribution in [3.63, 3.8) is 0 Å². The lowest BCUT2D eigenvalue weighted by Crippen LogP contribution is -2.14. The molecule has 0 atom stereocenters. The van der Waals surface area contributed by atoms with Gasteiger partial charge in [0.1, 0.15) is 23.4 Å². The number of nitrogens with two attached hydrogens (primary N) is 1. The minimum atomic E-state index is 0.432. The molecule has 1 fully saturated rings. The number of fused-ring (bicyclic) bond motifs is 2. The second-order valence-electron chi connectivity index (χ2n) is 7.91. The largest absolute Gasteiger partial charge is 0.382 e. The van der Waals surface area contributed by atoms with Crippen LogP contribution < -0.4 is 5.73 Å². The van der Waals surface area contributed by atoms with E-state index in [1.807, 2.05) is 16.7 Å². The lowest BCUT2D eigenvalue weighted by Gasteiger charge is -2.23. The zero-order chi connectivity index (χ0) is 20.1. The predicted molar refractivity (Wildman–Crippen MR) is 118 cm³/mol. The molecule has 7 nitrogen and oxygen atoms in total. The summed E-state index contributed by atoms with van der Waals surface area (Å²) in [5, 5.41) is 5.53. The molecule has 4 heterocycles. The summed E-state index contributed by atoms with van der Waals surface area (Å²) < 4.78 is 1.87. The Kier molecular flexibility index (Phi) is 3.87. The molecule has 0 saturated heterocycles. The van der Waals surface area contributed by atoms with Gasteiger partial charge in [-0.2, -0.15) is 5.10 Å². The van der Waals surface area contributed by atoms with Gasteiger partial charge in [0.2, 0.25) is 0 Å². The summed E-state index contributed by atoms with van der Waals surface area (Å²) in [5.41, 5.74) is 11.6. The maximum atomic E-state index is 6.25. The van der Waals surface area contributed by atoms with Gasteiger partial charge in [-0.1, -0.05) is 30.7 Å². The molecule has 1 aliphatic carbocycles. The standard InChI is InChI=1S/C23H21N7/c24-22-21-20(29-23(15-4-3-5-15)30(21)27-13-26-22)16-8-7-14-9-10-18(28-19(14)12-16)17-6-1-2-11-25-17/h1,6-10,12-13,15H,2-5,11H2,(H2,24,26,27). The Bertz CT molecular complexity index is 1340. The number of dihydropyridines is 1. The minimum absolute atomic E-state index is 0.432. The van der Waals surface area contributed by atoms with Crippen LogP contribution in [0.2, 0.25) is 0 Å². The molecule has 0 amide bonds. The highest BCUT2D eigenvalue weighted by atomic mass is 15.3. The van der Waals surface area contributed by atoms with E-state index in [9.17, 15) is 0 Å². The van der Waals surface area contributed by atoms with Gasteiger partial charge in [-0.05, 0) is 37.5 Å². The van der Waals surface area contributed by atoms with Gasteiger partial charge < -0.3 is 5.73 Å². The van der Waals surface area contributed by atoms with Crippen molar-refractivity contribution < 1.29 is 0 Å². The van der Waals surface area contributed by atoms with Crippen molar-refractivity contribution in [3.8, 4) is 11.3 Å². The molecule has 1 saturated carbocycles. The van der Waals surface area contributed by atoms with Crippen LogP contribution in [0.4, 0.5) is 5.82 Å². The summed E-state index contributed by atoms with van der Waals surface area (Å²) in [4.78, 5) is 18.7. The summed E-state index contributed by atoms with van der Waals surface area (Å²) in [6, 6.07) is 10.3. The van der Waals surface area contributed by atoms with Gasteiger partial charge >= 0.3 is 0 Å². The van der Waals surface area contributed by atoms with E-state index in [2.05, 4.69) is 45.4 Å². The molecule has 2 N–H and O–H groups in total. The van der Waals surface area contributed by atoms with Crippen LogP contribution in [-0.4, -0.2) is 36.8 Å². The number of aromatic nitrogens is 5. The highest BCUT2D eigenvalue weighted by Crippen LogP contribution is 2.39. The van der Waals surface area contributed by atoms with Gasteiger partial charge in [-0.15, -0.1) is 0 Å². The normalized spacial score (nSPS) is 16.7. The molecule has 2 aliphatic rings. The number of nitrogens with zero attached hydrogens (tertiary/aromatic N) is 6. The number of benzene rings is 1. The third-order valence-corrected chi connectivity index (χ3v) is 6.04. The van der Waals surface area contributed by atoms with Gasteiger partial charge in [-0.3, -0.25) is 4.99 Å². The summed E-state index contributed by atoms with van der Waals surface area (Å²) >= 11 is 0. The van der Waals surface area contributed by atoms with Crippen LogP contribution in [0.1, 0.15) is 43.1 Å². The lowest BCUT2D eigenvalue weighted by molar-refractivity contribution is 0.396. The van der Waals surface area contributed by atoms with Crippen LogP contribution in [0, 0.1) is 0 Å². The molecule has 30 heavy (non-hydrogen) atoms. The van der Waals surface area contributed by atoms with Gasteiger partial charge in [-0.25, -0.2) is 19.5 Å². The molecule has 0 spiro atoms. The Morgan fingerprint density at radius 3 is 2.77 bits per heavy atom. The van der Waals surface area contributed by atoms with Gasteiger partial charge in [0.25, 0.3) is 0 Å². The van der Waals surface area contributed by atoms with Crippen LogP contribution in [0.25, 0.3) is 27.7 Å². The predicted octanol–water partition coefficient (Wildman–Crippen LogP) is 3.94. The smallest absolute Gasteiger partial charge is 0.153 e. The van der Waals surface area contributed by atoms with Crippen LogP contribution in [0.3, 0.4) is 0 Å². The van der Waals surface area contributed by atoms with E-state index in [0.29, 0.717) is 11.7 Å². The SMILES string of the molecule is Nc1ncnn2c(C3CCC3)nc(-c3ccc4ccc(C5=NCCC=C5)nc4c3)c12. The second-order valence-corrected chi connectivity index (χ2v) is 7.91. The van der Waals surface area contributed by atoms with E-state index < -0.39 is 0 Å². The Morgan fingerprint density at radius 1 is 1.07 bits per heavy atom. The third-order valence-electron chi connectivity index (χ3n) is 6.04. The summed E-state index contributed by atoms with van der Waals surface area (Å²) in [6.45, 7) is 0.815. The number of anilines is 1. The number of imidazole rings is 1. The first-order valence-corrected chi connectivity index (χ1v) is 10.4. The fraction of sp³-hybridized carbons (Fsp3) is 0.261. The van der Waals surface area contributed by atoms with E-state index in [1.165, 1.54) is 12.7 Å². The number of pyridine rings is 1. The second kappa shape index (κ2) is 6.73. The fourth-order valence-electron chi connectivity index (χ4n) is 4.19. The van der Waals surface area contributed by atoms with Crippen molar-refractivity contribution in [1.82, 2.24) is 24.6 Å². The maximum Gasteiger partial charge on any atom is 0.153 e. The first-order valence-electron chi connectivity index (χ1n) is 10.4. The molecule has 4 aromatic rings. The number of rotatable bonds is 3. The maximum absolute atomic E-state index is 6.25. The van der Waals surface area contributed by atoms with Crippen molar-refractivity contribution in [2.24, 2.45) is 4.99 Å². The summed E-state index contributed by atoms with van der Waals surface area (Å²) in [7, 11) is 0. The zero-order valence-electron chi connectivity index (χ0n) is 16.5. The molecule has 1 aliphatic heterocycles. The molecule has 0 radical (unpaired) electrons. The average Bonchev–Trinajstić information content (AvgIpc) is 3.13. The van der Waals surface area contributed by atoms with Crippen molar-refractivity contribution in [2.75, 3.05) is 12.3 Å². The third kappa shape index (κ3) is 2.69. The van der Waals surface area contributed by atoms with E-state index in [0.717, 1.165) is 70.7 Å². The number of allylic oxidation sites excluding steroid dienone is 1. The molecular formula is C23H21N7. The van der Waals surface area contributed by atoms with Crippen LogP contribution >= 0.6 is 0 Å². The average molecular weight is 395 g/mol. The van der Waals surface area contributed by atoms with Crippen molar-refractivity contribution in [1.29, 1.82) is 0 Å². The van der Waals surface area contributed by atoms with Crippen molar-refractivity contribution in [3.05, 3.63) is 60.3 Å². The van der Waals surface area contributed by atoms with Gasteiger partial charge in [0.15, 0.2) is 5.82 Å². The summed E-state index contributed by atoms with van der Waals surface area (Å²) in [6.07, 6.45) is 10.2. The van der Waals surface area contributed by atoms with Gasteiger partial charge in [0, 0.05) is 23.4 Å². The van der Waals surface area contributed by atoms with Crippen LogP contribution in [0.15, 0.2) is 53.8 Å². The number of hydrogen-bond acceptors (Lipinski definition) is 6. The summed E-state index contributed by atoms with van der Waals surface area (Å²) in [5.74, 6) is 1.85. The monoisotopic (exact) mass is 395 g/mol. The molecule has 1 aromatic carbocycles. The Morgan fingerprint density at radius 2 is 1.97 bits per heavy atom. The van der Waals surface area contributed by atoms with E-state index in [-0.39, 0.29) is 0 Å². The Hall–Kier alpha value is -3.61. The van der Waals surface area contributed by atoms with Gasteiger partial charge in [0.05, 0.1) is 16.9 Å². The van der Waals surface area contributed by atoms with Crippen LogP contribution in [-0.2, 0) is 0 Å². The minimum Gasteiger partial charge on any atom is -0.382 e. The molecule has 0 unspecified atom stereocenters.